The summed E-state index contributed by atoms with van der Waals surface area (Å²) < 4.78 is 4.00. The van der Waals surface area contributed by atoms with Gasteiger partial charge in [-0.15, -0.1) is 0 Å². The lowest BCUT2D eigenvalue weighted by molar-refractivity contribution is 0.0712. The molecular formula is C19H18N6O. The third kappa shape index (κ3) is 3.22. The first kappa shape index (κ1) is 16.1. The van der Waals surface area contributed by atoms with Crippen LogP contribution in [0, 0.1) is 17.2 Å². The van der Waals surface area contributed by atoms with E-state index >= 15 is 0 Å². The predicted octanol–water partition coefficient (Wildman–Crippen LogP) is 1.92. The lowest BCUT2D eigenvalue weighted by Crippen LogP contribution is -2.35. The third-order valence-electron chi connectivity index (χ3n) is 4.60. The van der Waals surface area contributed by atoms with Gasteiger partial charge in [0.25, 0.3) is 5.91 Å². The molecular weight excluding hydrogens is 328 g/mol. The normalized spacial score (nSPS) is 16.6. The predicted molar refractivity (Wildman–Crippen MR) is 93.8 cm³/mol. The second kappa shape index (κ2) is 6.84. The topological polar surface area (TPSA) is 79.7 Å². The summed E-state index contributed by atoms with van der Waals surface area (Å²) in [5, 5.41) is 13.4. The highest BCUT2D eigenvalue weighted by Gasteiger charge is 2.26. The molecule has 1 aromatic carbocycles. The molecule has 1 amide bonds. The summed E-state index contributed by atoms with van der Waals surface area (Å²) in [4.78, 5) is 19.3. The maximum absolute atomic E-state index is 13.1. The number of imidazole rings is 1. The van der Waals surface area contributed by atoms with E-state index in [-0.39, 0.29) is 11.8 Å². The molecule has 0 spiro atoms. The molecule has 0 radical (unpaired) electrons. The molecule has 1 aliphatic rings. The quantitative estimate of drug-likeness (QED) is 0.726. The highest BCUT2D eigenvalue weighted by atomic mass is 16.2. The fraction of sp³-hybridized carbons (Fsp3) is 0.263. The number of hydrogen-bond donors (Lipinski definition) is 0. The molecule has 0 N–H and O–H groups in total. The minimum absolute atomic E-state index is 0.0796. The van der Waals surface area contributed by atoms with Crippen LogP contribution in [0.3, 0.4) is 0 Å². The van der Waals surface area contributed by atoms with Gasteiger partial charge in [-0.05, 0) is 24.3 Å². The number of nitrogens with zero attached hydrogens (tertiary/aromatic N) is 6. The van der Waals surface area contributed by atoms with Gasteiger partial charge in [0.15, 0.2) is 0 Å². The summed E-state index contributed by atoms with van der Waals surface area (Å²) in [6.45, 7) is 2.58. The largest absolute Gasteiger partial charge is 0.333 e. The molecule has 7 heteroatoms. The van der Waals surface area contributed by atoms with Crippen LogP contribution in [0.25, 0.3) is 0 Å². The Hall–Kier alpha value is -3.40. The second-order valence-electron chi connectivity index (χ2n) is 6.47. The van der Waals surface area contributed by atoms with Gasteiger partial charge in [0.05, 0.1) is 18.2 Å². The Morgan fingerprint density at radius 3 is 2.96 bits per heavy atom. The van der Waals surface area contributed by atoms with E-state index in [1.165, 1.54) is 0 Å². The molecule has 26 heavy (non-hydrogen) atoms. The number of nitriles is 1. The van der Waals surface area contributed by atoms with Crippen molar-refractivity contribution in [3.63, 3.8) is 0 Å². The third-order valence-corrected chi connectivity index (χ3v) is 4.60. The standard InChI is InChI=1S/C19H18N6O/c20-10-15-3-1-4-17(9-15)19(26)24-12-16(13-25-7-2-5-22-25)11-23-8-6-21-18(23)14-24/h1-9,16H,11-14H2/t16-/m1/s1. The molecule has 0 saturated carbocycles. The second-order valence-corrected chi connectivity index (χ2v) is 6.47. The van der Waals surface area contributed by atoms with Gasteiger partial charge in [-0.3, -0.25) is 9.48 Å². The van der Waals surface area contributed by atoms with E-state index in [4.69, 9.17) is 5.26 Å². The van der Waals surface area contributed by atoms with Crippen molar-refractivity contribution in [3.05, 3.63) is 72.1 Å². The van der Waals surface area contributed by atoms with E-state index in [1.807, 2.05) is 28.0 Å². The van der Waals surface area contributed by atoms with E-state index < -0.39 is 0 Å². The highest BCUT2D eigenvalue weighted by Crippen LogP contribution is 2.19. The number of hydrogen-bond acceptors (Lipinski definition) is 4. The molecule has 0 unspecified atom stereocenters. The van der Waals surface area contributed by atoms with Crippen LogP contribution in [-0.2, 0) is 19.6 Å². The van der Waals surface area contributed by atoms with Crippen molar-refractivity contribution in [2.75, 3.05) is 6.54 Å². The first-order valence-electron chi connectivity index (χ1n) is 8.50. The molecule has 4 rings (SSSR count). The van der Waals surface area contributed by atoms with Crippen molar-refractivity contribution in [1.29, 1.82) is 5.26 Å². The Labute approximate surface area is 151 Å². The van der Waals surface area contributed by atoms with Crippen LogP contribution in [0.15, 0.2) is 55.1 Å². The number of benzene rings is 1. The average Bonchev–Trinajstić information content (AvgIpc) is 3.30. The van der Waals surface area contributed by atoms with Crippen LogP contribution in [0.1, 0.15) is 21.7 Å². The van der Waals surface area contributed by atoms with E-state index in [0.29, 0.717) is 24.2 Å². The van der Waals surface area contributed by atoms with Crippen LogP contribution >= 0.6 is 0 Å². The fourth-order valence-electron chi connectivity index (χ4n) is 3.39. The van der Waals surface area contributed by atoms with Gasteiger partial charge >= 0.3 is 0 Å². The smallest absolute Gasteiger partial charge is 0.254 e. The van der Waals surface area contributed by atoms with Crippen molar-refractivity contribution in [2.24, 2.45) is 5.92 Å². The minimum atomic E-state index is -0.0796. The Kier molecular flexibility index (Phi) is 4.23. The highest BCUT2D eigenvalue weighted by molar-refractivity contribution is 5.94. The van der Waals surface area contributed by atoms with Crippen LogP contribution in [0.5, 0.6) is 0 Å². The fourth-order valence-corrected chi connectivity index (χ4v) is 3.39. The van der Waals surface area contributed by atoms with Crippen molar-refractivity contribution in [3.8, 4) is 6.07 Å². The average molecular weight is 346 g/mol. The van der Waals surface area contributed by atoms with Gasteiger partial charge in [-0.1, -0.05) is 6.07 Å². The molecule has 0 fully saturated rings. The zero-order valence-corrected chi connectivity index (χ0v) is 14.2. The number of carbonyl (C=O) groups is 1. The molecule has 2 aromatic heterocycles. The molecule has 130 valence electrons. The van der Waals surface area contributed by atoms with Crippen molar-refractivity contribution >= 4 is 5.91 Å². The summed E-state index contributed by atoms with van der Waals surface area (Å²) in [5.41, 5.74) is 1.02. The van der Waals surface area contributed by atoms with Gasteiger partial charge in [0, 0.05) is 55.9 Å². The van der Waals surface area contributed by atoms with Crippen LogP contribution in [0.2, 0.25) is 0 Å². The lowest BCUT2D eigenvalue weighted by Gasteiger charge is -2.24. The number of fused-ring (bicyclic) bond motifs is 1. The number of aromatic nitrogens is 4. The van der Waals surface area contributed by atoms with Crippen molar-refractivity contribution in [2.45, 2.75) is 19.6 Å². The van der Waals surface area contributed by atoms with Crippen LogP contribution in [-0.4, -0.2) is 36.7 Å². The monoisotopic (exact) mass is 346 g/mol. The zero-order valence-electron chi connectivity index (χ0n) is 14.2. The SMILES string of the molecule is N#Cc1cccc(C(=O)N2Cc3nccn3C[C@@H](Cn3cccn3)C2)c1. The molecule has 0 saturated heterocycles. The van der Waals surface area contributed by atoms with Gasteiger partial charge in [-0.2, -0.15) is 10.4 Å². The Bertz CT molecular complexity index is 953. The first-order chi connectivity index (χ1) is 12.7. The summed E-state index contributed by atoms with van der Waals surface area (Å²) in [6, 6.07) is 10.8. The summed E-state index contributed by atoms with van der Waals surface area (Å²) in [7, 11) is 0. The minimum Gasteiger partial charge on any atom is -0.333 e. The van der Waals surface area contributed by atoms with Gasteiger partial charge in [-0.25, -0.2) is 4.98 Å². The maximum atomic E-state index is 13.1. The van der Waals surface area contributed by atoms with Gasteiger partial charge < -0.3 is 9.47 Å². The van der Waals surface area contributed by atoms with Gasteiger partial charge in [0.2, 0.25) is 0 Å². The molecule has 3 heterocycles. The van der Waals surface area contributed by atoms with E-state index in [1.54, 1.807) is 36.7 Å². The van der Waals surface area contributed by atoms with Gasteiger partial charge in [0.1, 0.15) is 5.82 Å². The van der Waals surface area contributed by atoms with E-state index in [0.717, 1.165) is 18.9 Å². The zero-order chi connectivity index (χ0) is 17.9. The number of amides is 1. The summed E-state index contributed by atoms with van der Waals surface area (Å²) in [6.07, 6.45) is 7.41. The Balaban J connectivity index is 1.61. The Morgan fingerprint density at radius 2 is 2.15 bits per heavy atom. The molecule has 0 aliphatic carbocycles. The summed E-state index contributed by atoms with van der Waals surface area (Å²) in [5.74, 6) is 1.01. The summed E-state index contributed by atoms with van der Waals surface area (Å²) >= 11 is 0. The molecule has 3 aromatic rings. The molecule has 0 bridgehead atoms. The molecule has 7 nitrogen and oxygen atoms in total. The van der Waals surface area contributed by atoms with Crippen molar-refractivity contribution < 1.29 is 4.79 Å². The van der Waals surface area contributed by atoms with Crippen molar-refractivity contribution in [1.82, 2.24) is 24.2 Å². The van der Waals surface area contributed by atoms with E-state index in [2.05, 4.69) is 20.7 Å². The number of carbonyl (C=O) groups excluding carboxylic acids is 1. The Morgan fingerprint density at radius 1 is 1.23 bits per heavy atom. The van der Waals surface area contributed by atoms with Crippen LogP contribution < -0.4 is 0 Å². The number of rotatable bonds is 3. The maximum Gasteiger partial charge on any atom is 0.254 e. The molecule has 1 atom stereocenters. The molecule has 1 aliphatic heterocycles. The lowest BCUT2D eigenvalue weighted by atomic mass is 10.1. The first-order valence-corrected chi connectivity index (χ1v) is 8.50. The van der Waals surface area contributed by atoms with E-state index in [9.17, 15) is 4.79 Å². The van der Waals surface area contributed by atoms with Crippen LogP contribution in [0.4, 0.5) is 0 Å².